The van der Waals surface area contributed by atoms with E-state index in [-0.39, 0.29) is 24.7 Å². The molecule has 11 nitrogen and oxygen atoms in total. The maximum Gasteiger partial charge on any atom is 0.407 e. The number of piperidine rings is 1. The maximum absolute atomic E-state index is 14.2. The average Bonchev–Trinajstić information content (AvgIpc) is 3.31. The van der Waals surface area contributed by atoms with Crippen LogP contribution < -0.4 is 21.5 Å². The van der Waals surface area contributed by atoms with Crippen molar-refractivity contribution >= 4 is 28.9 Å². The van der Waals surface area contributed by atoms with E-state index in [1.165, 1.54) is 9.13 Å². The van der Waals surface area contributed by atoms with Gasteiger partial charge in [-0.3, -0.25) is 23.5 Å². The summed E-state index contributed by atoms with van der Waals surface area (Å²) in [5.41, 5.74) is 1.58. The summed E-state index contributed by atoms with van der Waals surface area (Å²) in [5.74, 6) is 6.53. The molecule has 1 amide bonds. The number of hydrogen-bond acceptors (Lipinski definition) is 7. The Kier molecular flexibility index (Phi) is 7.99. The number of fused-ring (bicyclic) bond motifs is 2. The zero-order valence-electron chi connectivity index (χ0n) is 26.2. The Balaban J connectivity index is 1.56. The Hall–Kier alpha value is -4.33. The Labute approximate surface area is 251 Å². The van der Waals surface area contributed by atoms with Crippen LogP contribution in [0.15, 0.2) is 38.8 Å². The van der Waals surface area contributed by atoms with Crippen molar-refractivity contribution in [3.63, 3.8) is 0 Å². The molecule has 0 aliphatic carbocycles. The lowest BCUT2D eigenvalue weighted by Crippen LogP contribution is -2.49. The van der Waals surface area contributed by atoms with Crippen LogP contribution in [0.25, 0.3) is 11.2 Å². The molecular weight excluding hydrogens is 546 g/mol. The number of nitrogens with zero attached hydrogens (tertiary/aromatic N) is 6. The third kappa shape index (κ3) is 6.24. The summed E-state index contributed by atoms with van der Waals surface area (Å²) in [7, 11) is 1.64. The topological polar surface area (TPSA) is 116 Å². The molecule has 2 aromatic heterocycles. The molecule has 5 rings (SSSR count). The Morgan fingerprint density at radius 1 is 1.19 bits per heavy atom. The van der Waals surface area contributed by atoms with Gasteiger partial charge in [0.15, 0.2) is 11.2 Å². The van der Waals surface area contributed by atoms with Gasteiger partial charge in [0.25, 0.3) is 5.56 Å². The number of carbonyl (C=O) groups is 1. The number of alkyl carbamates (subject to hydrolysis) is 1. The molecule has 0 spiro atoms. The number of anilines is 1. The Morgan fingerprint density at radius 2 is 1.93 bits per heavy atom. The van der Waals surface area contributed by atoms with Gasteiger partial charge in [0.05, 0.1) is 24.3 Å². The van der Waals surface area contributed by atoms with Crippen molar-refractivity contribution in [3.05, 3.63) is 56.2 Å². The van der Waals surface area contributed by atoms with Crippen molar-refractivity contribution in [3.8, 4) is 11.8 Å². The maximum atomic E-state index is 14.2. The van der Waals surface area contributed by atoms with Gasteiger partial charge in [-0.2, -0.15) is 4.98 Å². The van der Waals surface area contributed by atoms with Crippen LogP contribution in [0.2, 0.25) is 0 Å². The molecule has 2 aliphatic rings. The number of aromatic nitrogens is 4. The van der Waals surface area contributed by atoms with Crippen LogP contribution in [0, 0.1) is 11.8 Å². The molecule has 43 heavy (non-hydrogen) atoms. The summed E-state index contributed by atoms with van der Waals surface area (Å²) < 4.78 is 9.94. The monoisotopic (exact) mass is 587 g/mol. The van der Waals surface area contributed by atoms with E-state index in [4.69, 9.17) is 14.7 Å². The first-order valence-corrected chi connectivity index (χ1v) is 14.8. The van der Waals surface area contributed by atoms with Crippen molar-refractivity contribution in [1.82, 2.24) is 24.0 Å². The molecule has 1 fully saturated rings. The predicted octanol–water partition coefficient (Wildman–Crippen LogP) is 3.24. The number of ether oxygens (including phenoxy) is 1. The van der Waals surface area contributed by atoms with Gasteiger partial charge in [-0.15, -0.1) is 5.92 Å². The highest BCUT2D eigenvalue weighted by Gasteiger charge is 2.31. The van der Waals surface area contributed by atoms with Crippen molar-refractivity contribution in [2.75, 3.05) is 18.0 Å². The van der Waals surface area contributed by atoms with E-state index in [0.29, 0.717) is 35.9 Å². The molecule has 1 unspecified atom stereocenters. The third-order valence-corrected chi connectivity index (χ3v) is 7.75. The summed E-state index contributed by atoms with van der Waals surface area (Å²) in [6.07, 6.45) is 1.91. The van der Waals surface area contributed by atoms with Gasteiger partial charge in [-0.25, -0.2) is 9.59 Å². The highest BCUT2D eigenvalue weighted by molar-refractivity contribution is 6.03. The summed E-state index contributed by atoms with van der Waals surface area (Å²) in [5, 5.41) is 2.97. The first-order valence-electron chi connectivity index (χ1n) is 14.8. The zero-order chi connectivity index (χ0) is 31.1. The van der Waals surface area contributed by atoms with Crippen LogP contribution in [-0.4, -0.2) is 60.8 Å². The molecule has 0 bridgehead atoms. The smallest absolute Gasteiger partial charge is 0.407 e. The van der Waals surface area contributed by atoms with Crippen LogP contribution in [0.4, 0.5) is 10.7 Å². The molecule has 3 aromatic rings. The van der Waals surface area contributed by atoms with Gasteiger partial charge in [-0.1, -0.05) is 30.2 Å². The van der Waals surface area contributed by atoms with Gasteiger partial charge in [-0.05, 0) is 66.4 Å². The van der Waals surface area contributed by atoms with Gasteiger partial charge in [0.1, 0.15) is 5.60 Å². The van der Waals surface area contributed by atoms with Crippen LogP contribution in [-0.2, 0) is 31.3 Å². The molecule has 0 saturated carbocycles. The number of aryl methyl sites for hydroxylation is 1. The highest BCUT2D eigenvalue weighted by Crippen LogP contribution is 2.28. The van der Waals surface area contributed by atoms with E-state index in [2.05, 4.69) is 37.1 Å². The highest BCUT2D eigenvalue weighted by atomic mass is 16.6. The Morgan fingerprint density at radius 3 is 2.65 bits per heavy atom. The second kappa shape index (κ2) is 11.4. The molecule has 1 saturated heterocycles. The third-order valence-electron chi connectivity index (χ3n) is 7.75. The first-order chi connectivity index (χ1) is 20.3. The van der Waals surface area contributed by atoms with Crippen molar-refractivity contribution in [2.45, 2.75) is 91.1 Å². The van der Waals surface area contributed by atoms with Gasteiger partial charge in [0.2, 0.25) is 5.95 Å². The van der Waals surface area contributed by atoms with Crippen molar-refractivity contribution < 1.29 is 9.53 Å². The van der Waals surface area contributed by atoms with E-state index in [0.717, 1.165) is 30.4 Å². The molecule has 228 valence electrons. The molecule has 11 heteroatoms. The van der Waals surface area contributed by atoms with Crippen LogP contribution in [0.1, 0.15) is 65.5 Å². The minimum atomic E-state index is -0.600. The first kappa shape index (κ1) is 30.1. The molecule has 1 aromatic carbocycles. The van der Waals surface area contributed by atoms with E-state index in [9.17, 15) is 14.4 Å². The SMILES string of the molecule is CC#CCn1c(N2CCCC(NC(=O)OC(C)(C)C)C2)nc2c1c(=O)n(CC1=NC(C)(C)Cc3ccccc31)c(=O)n2C. The summed E-state index contributed by atoms with van der Waals surface area (Å²) in [6.45, 7) is 12.8. The fraction of sp³-hybridized carbons (Fsp3) is 0.531. The number of imidazole rings is 1. The summed E-state index contributed by atoms with van der Waals surface area (Å²) >= 11 is 0. The summed E-state index contributed by atoms with van der Waals surface area (Å²) in [4.78, 5) is 52.1. The largest absolute Gasteiger partial charge is 0.444 e. The standard InChI is InChI=1S/C32H41N7O4/c1-8-9-17-38-25-26(34-28(38)37-16-12-14-22(19-37)33-29(41)43-31(2,3)4)36(7)30(42)39(27(25)40)20-24-23-15-11-10-13-21(23)18-32(5,6)35-24/h10-11,13,15,22H,12,14,16-20H2,1-7H3,(H,33,41). The van der Waals surface area contributed by atoms with E-state index < -0.39 is 22.9 Å². The number of rotatable bonds is 5. The molecule has 2 aliphatic heterocycles. The average molecular weight is 588 g/mol. The molecule has 4 heterocycles. The van der Waals surface area contributed by atoms with Crippen LogP contribution in [0.3, 0.4) is 0 Å². The van der Waals surface area contributed by atoms with E-state index in [1.54, 1.807) is 18.5 Å². The van der Waals surface area contributed by atoms with Gasteiger partial charge < -0.3 is 15.0 Å². The molecular formula is C32H41N7O4. The molecule has 0 radical (unpaired) electrons. The van der Waals surface area contributed by atoms with Crippen molar-refractivity contribution in [1.29, 1.82) is 0 Å². The second-order valence-electron chi connectivity index (χ2n) is 13.0. The van der Waals surface area contributed by atoms with Crippen LogP contribution in [0.5, 0.6) is 0 Å². The van der Waals surface area contributed by atoms with Crippen LogP contribution >= 0.6 is 0 Å². The quantitative estimate of drug-likeness (QED) is 0.459. The number of benzene rings is 1. The van der Waals surface area contributed by atoms with E-state index in [1.807, 2.05) is 43.9 Å². The minimum absolute atomic E-state index is 0.0491. The number of aliphatic imine (C=N–C) groups is 1. The second-order valence-corrected chi connectivity index (χ2v) is 13.0. The molecule has 1 N–H and O–H groups in total. The zero-order valence-corrected chi connectivity index (χ0v) is 26.2. The van der Waals surface area contributed by atoms with Crippen molar-refractivity contribution in [2.24, 2.45) is 12.0 Å². The lowest BCUT2D eigenvalue weighted by Gasteiger charge is -2.34. The summed E-state index contributed by atoms with van der Waals surface area (Å²) in [6, 6.07) is 7.85. The normalized spacial score (nSPS) is 18.0. The molecule has 1 atom stereocenters. The number of hydrogen-bond donors (Lipinski definition) is 1. The fourth-order valence-corrected chi connectivity index (χ4v) is 5.96. The number of amides is 1. The number of carbonyl (C=O) groups excluding carboxylic acids is 1. The minimum Gasteiger partial charge on any atom is -0.444 e. The van der Waals surface area contributed by atoms with Gasteiger partial charge in [0, 0.05) is 31.7 Å². The fourth-order valence-electron chi connectivity index (χ4n) is 5.96. The number of nitrogens with one attached hydrogen (secondary N) is 1. The lowest BCUT2D eigenvalue weighted by atomic mass is 9.87. The van der Waals surface area contributed by atoms with Gasteiger partial charge >= 0.3 is 11.8 Å². The Bertz CT molecular complexity index is 1780. The predicted molar refractivity (Wildman–Crippen MR) is 168 cm³/mol. The lowest BCUT2D eigenvalue weighted by molar-refractivity contribution is 0.0499. The van der Waals surface area contributed by atoms with E-state index >= 15 is 0 Å².